The van der Waals surface area contributed by atoms with E-state index < -0.39 is 4.92 Å². The highest BCUT2D eigenvalue weighted by Crippen LogP contribution is 2.33. The van der Waals surface area contributed by atoms with Crippen LogP contribution < -0.4 is 14.2 Å². The number of benzene rings is 2. The van der Waals surface area contributed by atoms with Crippen LogP contribution in [0.15, 0.2) is 36.4 Å². The molecule has 1 aliphatic rings. The lowest BCUT2D eigenvalue weighted by Crippen LogP contribution is -2.33. The highest BCUT2D eigenvalue weighted by Gasteiger charge is 2.20. The molecule has 0 N–H and O–H groups in total. The number of nitro benzene ring substituents is 1. The Kier molecular flexibility index (Phi) is 5.58. The fraction of sp³-hybridized carbons (Fsp3) is 0.368. The first-order valence-electron chi connectivity index (χ1n) is 8.44. The summed E-state index contributed by atoms with van der Waals surface area (Å²) in [5.74, 6) is 1.78. The quantitative estimate of drug-likeness (QED) is 0.559. The molecular weight excluding hydrogens is 336 g/mol. The van der Waals surface area contributed by atoms with Gasteiger partial charge in [0.15, 0.2) is 17.2 Å². The van der Waals surface area contributed by atoms with E-state index in [-0.39, 0.29) is 5.69 Å². The van der Waals surface area contributed by atoms with Crippen LogP contribution in [0.2, 0.25) is 0 Å². The van der Waals surface area contributed by atoms with Crippen LogP contribution in [0.1, 0.15) is 11.1 Å². The second-order valence-corrected chi connectivity index (χ2v) is 6.08. The largest absolute Gasteiger partial charge is 0.493 e. The number of fused-ring (bicyclic) bond motifs is 1. The summed E-state index contributed by atoms with van der Waals surface area (Å²) >= 11 is 0. The molecule has 26 heavy (non-hydrogen) atoms. The molecule has 7 nitrogen and oxygen atoms in total. The van der Waals surface area contributed by atoms with Gasteiger partial charge in [0.2, 0.25) is 0 Å². The van der Waals surface area contributed by atoms with Crippen LogP contribution in [-0.4, -0.2) is 43.7 Å². The van der Waals surface area contributed by atoms with E-state index in [4.69, 9.17) is 14.2 Å². The number of rotatable bonds is 7. The summed E-state index contributed by atoms with van der Waals surface area (Å²) in [5, 5.41) is 11.0. The van der Waals surface area contributed by atoms with Gasteiger partial charge in [0.25, 0.3) is 0 Å². The Balaban J connectivity index is 1.61. The lowest BCUT2D eigenvalue weighted by molar-refractivity contribution is -0.385. The molecule has 0 radical (unpaired) electrons. The van der Waals surface area contributed by atoms with Crippen molar-refractivity contribution >= 4 is 5.69 Å². The standard InChI is InChI=1S/C19H22N2O5/c1-24-18-11-14-7-8-20(13-15(14)12-19(18)25-2)9-10-26-17-6-4-3-5-16(17)21(22)23/h3-6,11-12H,7-10,13H2,1-2H3. The molecule has 0 unspecified atom stereocenters. The van der Waals surface area contributed by atoms with Gasteiger partial charge < -0.3 is 14.2 Å². The Morgan fingerprint density at radius 3 is 2.46 bits per heavy atom. The molecule has 0 aliphatic carbocycles. The smallest absolute Gasteiger partial charge is 0.310 e. The maximum Gasteiger partial charge on any atom is 0.310 e. The summed E-state index contributed by atoms with van der Waals surface area (Å²) in [6, 6.07) is 10.5. The molecule has 1 aliphatic heterocycles. The number of methoxy groups -OCH3 is 2. The summed E-state index contributed by atoms with van der Waals surface area (Å²) in [4.78, 5) is 12.9. The van der Waals surface area contributed by atoms with E-state index in [1.165, 1.54) is 17.2 Å². The van der Waals surface area contributed by atoms with Crippen molar-refractivity contribution in [1.29, 1.82) is 0 Å². The number of nitro groups is 1. The predicted octanol–water partition coefficient (Wildman–Crippen LogP) is 3.05. The Labute approximate surface area is 152 Å². The van der Waals surface area contributed by atoms with Crippen LogP contribution in [0.4, 0.5) is 5.69 Å². The van der Waals surface area contributed by atoms with Crippen LogP contribution in [0, 0.1) is 10.1 Å². The van der Waals surface area contributed by atoms with Gasteiger partial charge in [-0.3, -0.25) is 15.0 Å². The van der Waals surface area contributed by atoms with E-state index in [0.29, 0.717) is 18.9 Å². The average molecular weight is 358 g/mol. The van der Waals surface area contributed by atoms with Gasteiger partial charge in [-0.1, -0.05) is 12.1 Å². The molecule has 0 spiro atoms. The Morgan fingerprint density at radius 1 is 1.08 bits per heavy atom. The van der Waals surface area contributed by atoms with Gasteiger partial charge in [-0.15, -0.1) is 0 Å². The van der Waals surface area contributed by atoms with E-state index in [2.05, 4.69) is 4.90 Å². The minimum atomic E-state index is -0.424. The van der Waals surface area contributed by atoms with E-state index in [1.54, 1.807) is 32.4 Å². The van der Waals surface area contributed by atoms with Crippen molar-refractivity contribution in [3.63, 3.8) is 0 Å². The first-order chi connectivity index (χ1) is 12.6. The molecule has 1 heterocycles. The SMILES string of the molecule is COc1cc2c(cc1OC)CN(CCOc1ccccc1[N+](=O)[O-])CC2. The number of hydrogen-bond donors (Lipinski definition) is 0. The summed E-state index contributed by atoms with van der Waals surface area (Å²) in [6.07, 6.45) is 0.918. The fourth-order valence-corrected chi connectivity index (χ4v) is 3.15. The minimum Gasteiger partial charge on any atom is -0.493 e. The molecule has 2 aromatic rings. The molecule has 2 aromatic carbocycles. The van der Waals surface area contributed by atoms with E-state index in [9.17, 15) is 10.1 Å². The molecule has 0 amide bonds. The molecular formula is C19H22N2O5. The van der Waals surface area contributed by atoms with Gasteiger partial charge in [-0.2, -0.15) is 0 Å². The Bertz CT molecular complexity index is 793. The lowest BCUT2D eigenvalue weighted by atomic mass is 9.99. The van der Waals surface area contributed by atoms with Gasteiger partial charge in [-0.25, -0.2) is 0 Å². The van der Waals surface area contributed by atoms with Crippen molar-refractivity contribution in [3.8, 4) is 17.2 Å². The monoisotopic (exact) mass is 358 g/mol. The van der Waals surface area contributed by atoms with Crippen molar-refractivity contribution < 1.29 is 19.1 Å². The van der Waals surface area contributed by atoms with Crippen molar-refractivity contribution in [2.24, 2.45) is 0 Å². The first kappa shape index (κ1) is 18.0. The van der Waals surface area contributed by atoms with Gasteiger partial charge in [0, 0.05) is 25.7 Å². The molecule has 0 aromatic heterocycles. The van der Waals surface area contributed by atoms with Crippen LogP contribution in [0.25, 0.3) is 0 Å². The normalized spacial score (nSPS) is 13.8. The molecule has 3 rings (SSSR count). The number of ether oxygens (including phenoxy) is 3. The van der Waals surface area contributed by atoms with Crippen molar-refractivity contribution in [3.05, 3.63) is 57.6 Å². The third kappa shape index (κ3) is 3.88. The number of para-hydroxylation sites is 2. The van der Waals surface area contributed by atoms with Crippen LogP contribution in [0.5, 0.6) is 17.2 Å². The first-order valence-corrected chi connectivity index (χ1v) is 8.44. The molecule has 0 saturated carbocycles. The van der Waals surface area contributed by atoms with Gasteiger partial charge >= 0.3 is 5.69 Å². The highest BCUT2D eigenvalue weighted by molar-refractivity contribution is 5.48. The van der Waals surface area contributed by atoms with E-state index in [1.807, 2.05) is 12.1 Å². The Hall–Kier alpha value is -2.80. The average Bonchev–Trinajstić information content (AvgIpc) is 2.67. The summed E-state index contributed by atoms with van der Waals surface area (Å²) in [5.41, 5.74) is 2.46. The van der Waals surface area contributed by atoms with Crippen molar-refractivity contribution in [1.82, 2.24) is 4.90 Å². The molecule has 0 bridgehead atoms. The third-order valence-corrected chi connectivity index (χ3v) is 4.52. The topological polar surface area (TPSA) is 74.1 Å². The maximum absolute atomic E-state index is 11.0. The molecule has 0 fully saturated rings. The molecule has 138 valence electrons. The molecule has 0 saturated heterocycles. The van der Waals surface area contributed by atoms with Crippen LogP contribution >= 0.6 is 0 Å². The van der Waals surface area contributed by atoms with E-state index >= 15 is 0 Å². The van der Waals surface area contributed by atoms with Gasteiger partial charge in [0.1, 0.15) is 6.61 Å². The van der Waals surface area contributed by atoms with E-state index in [0.717, 1.165) is 31.0 Å². The lowest BCUT2D eigenvalue weighted by Gasteiger charge is -2.29. The summed E-state index contributed by atoms with van der Waals surface area (Å²) in [6.45, 7) is 2.78. The maximum atomic E-state index is 11.0. The Morgan fingerprint density at radius 2 is 1.77 bits per heavy atom. The molecule has 0 atom stereocenters. The second kappa shape index (κ2) is 8.05. The van der Waals surface area contributed by atoms with Gasteiger partial charge in [0.05, 0.1) is 19.1 Å². The van der Waals surface area contributed by atoms with Crippen molar-refractivity contribution in [2.45, 2.75) is 13.0 Å². The molecule has 7 heteroatoms. The number of nitrogens with zero attached hydrogens (tertiary/aromatic N) is 2. The highest BCUT2D eigenvalue weighted by atomic mass is 16.6. The van der Waals surface area contributed by atoms with Crippen molar-refractivity contribution in [2.75, 3.05) is 33.9 Å². The zero-order valence-electron chi connectivity index (χ0n) is 14.9. The number of hydrogen-bond acceptors (Lipinski definition) is 6. The summed E-state index contributed by atoms with van der Waals surface area (Å²) in [7, 11) is 3.27. The summed E-state index contributed by atoms with van der Waals surface area (Å²) < 4.78 is 16.4. The predicted molar refractivity (Wildman–Crippen MR) is 97.1 cm³/mol. The van der Waals surface area contributed by atoms with Crippen LogP contribution in [0.3, 0.4) is 0 Å². The zero-order chi connectivity index (χ0) is 18.5. The second-order valence-electron chi connectivity index (χ2n) is 6.08. The minimum absolute atomic E-state index is 0.00618. The van der Waals surface area contributed by atoms with Crippen LogP contribution in [-0.2, 0) is 13.0 Å². The fourth-order valence-electron chi connectivity index (χ4n) is 3.15. The third-order valence-electron chi connectivity index (χ3n) is 4.52. The van der Waals surface area contributed by atoms with Gasteiger partial charge in [-0.05, 0) is 35.7 Å². The zero-order valence-corrected chi connectivity index (χ0v) is 14.9.